The summed E-state index contributed by atoms with van der Waals surface area (Å²) < 4.78 is 10.9. The zero-order valence-electron chi connectivity index (χ0n) is 12.0. The average Bonchev–Trinajstić information content (AvgIpc) is 2.26. The Morgan fingerprint density at radius 3 is 2.44 bits per heavy atom. The minimum atomic E-state index is -1.96. The summed E-state index contributed by atoms with van der Waals surface area (Å²) in [5.74, 6) is 0.189. The lowest BCUT2D eigenvalue weighted by molar-refractivity contribution is 0.0598. The van der Waals surface area contributed by atoms with E-state index in [4.69, 9.17) is 9.16 Å². The quantitative estimate of drug-likeness (QED) is 0.618. The van der Waals surface area contributed by atoms with Crippen molar-refractivity contribution in [2.45, 2.75) is 38.9 Å². The molecule has 0 unspecified atom stereocenters. The Balaban J connectivity index is 3.09. The molecule has 0 spiro atoms. The predicted molar refractivity (Wildman–Crippen MR) is 74.4 cm³/mol. The van der Waals surface area contributed by atoms with Crippen molar-refractivity contribution < 1.29 is 14.0 Å². The topological polar surface area (TPSA) is 35.5 Å². The molecule has 4 heteroatoms. The van der Waals surface area contributed by atoms with Crippen molar-refractivity contribution in [3.8, 4) is 5.75 Å². The van der Waals surface area contributed by atoms with E-state index in [1.807, 2.05) is 0 Å². The Morgan fingerprint density at radius 1 is 1.33 bits per heavy atom. The predicted octanol–water partition coefficient (Wildman–Crippen LogP) is 3.66. The molecule has 1 radical (unpaired) electrons. The third-order valence-corrected chi connectivity index (χ3v) is 7.75. The second-order valence-electron chi connectivity index (χ2n) is 5.78. The number of hydrogen-bond acceptors (Lipinski definition) is 3. The summed E-state index contributed by atoms with van der Waals surface area (Å²) in [6.45, 7) is 10.7. The minimum absolute atomic E-state index is 0.0796. The van der Waals surface area contributed by atoms with Gasteiger partial charge in [0.1, 0.15) is 11.3 Å². The Labute approximate surface area is 110 Å². The standard InChI is InChI=1S/C14H21O3Si/c1-14(2,3)18(5,6)17-12-10-8-7-9-11(12)13(15)16-4/h7,9-10H,1-6H3. The number of methoxy groups -OCH3 is 1. The summed E-state index contributed by atoms with van der Waals surface area (Å²) in [5.41, 5.74) is 0.459. The number of ether oxygens (including phenoxy) is 1. The average molecular weight is 265 g/mol. The van der Waals surface area contributed by atoms with E-state index in [-0.39, 0.29) is 11.0 Å². The van der Waals surface area contributed by atoms with Gasteiger partial charge in [0.25, 0.3) is 8.32 Å². The first-order valence-electron chi connectivity index (χ1n) is 5.96. The summed E-state index contributed by atoms with van der Waals surface area (Å²) in [4.78, 5) is 11.7. The van der Waals surface area contributed by atoms with Gasteiger partial charge in [-0.05, 0) is 36.3 Å². The van der Waals surface area contributed by atoms with Gasteiger partial charge < -0.3 is 9.16 Å². The van der Waals surface area contributed by atoms with Crippen LogP contribution in [0.5, 0.6) is 5.75 Å². The van der Waals surface area contributed by atoms with E-state index in [0.29, 0.717) is 11.3 Å². The van der Waals surface area contributed by atoms with Crippen LogP contribution in [0.25, 0.3) is 0 Å². The minimum Gasteiger partial charge on any atom is -0.543 e. The molecular formula is C14H21O3Si. The Morgan fingerprint density at radius 2 is 1.94 bits per heavy atom. The summed E-state index contributed by atoms with van der Waals surface area (Å²) in [6, 6.07) is 8.01. The highest BCUT2D eigenvalue weighted by molar-refractivity contribution is 6.74. The molecule has 99 valence electrons. The highest BCUT2D eigenvalue weighted by atomic mass is 28.4. The van der Waals surface area contributed by atoms with Crippen LogP contribution >= 0.6 is 0 Å². The van der Waals surface area contributed by atoms with Crippen molar-refractivity contribution in [3.05, 3.63) is 29.8 Å². The molecule has 0 N–H and O–H groups in total. The summed E-state index contributed by atoms with van der Waals surface area (Å²) >= 11 is 0. The molecule has 3 nitrogen and oxygen atoms in total. The Hall–Kier alpha value is -1.29. The number of benzene rings is 1. The fourth-order valence-corrected chi connectivity index (χ4v) is 2.23. The fourth-order valence-electron chi connectivity index (χ4n) is 1.21. The second kappa shape index (κ2) is 5.14. The number of hydrogen-bond donors (Lipinski definition) is 0. The number of carbonyl (C=O) groups excluding carboxylic acids is 1. The van der Waals surface area contributed by atoms with Gasteiger partial charge in [0.2, 0.25) is 0 Å². The van der Waals surface area contributed by atoms with Gasteiger partial charge in [-0.2, -0.15) is 0 Å². The Kier molecular flexibility index (Phi) is 4.22. The maximum absolute atomic E-state index is 11.7. The molecule has 0 aromatic heterocycles. The first-order chi connectivity index (χ1) is 8.19. The lowest BCUT2D eigenvalue weighted by atomic mass is 10.2. The zero-order chi connectivity index (χ0) is 14.0. The van der Waals surface area contributed by atoms with Gasteiger partial charge in [0, 0.05) is 0 Å². The van der Waals surface area contributed by atoms with Gasteiger partial charge in [0.05, 0.1) is 7.11 Å². The van der Waals surface area contributed by atoms with Crippen molar-refractivity contribution in [1.29, 1.82) is 0 Å². The molecule has 0 aliphatic heterocycles. The van der Waals surface area contributed by atoms with Crippen LogP contribution in [0.2, 0.25) is 18.1 Å². The molecule has 1 aromatic carbocycles. The van der Waals surface area contributed by atoms with E-state index in [1.165, 1.54) is 7.11 Å². The molecule has 0 atom stereocenters. The molecule has 1 aromatic rings. The lowest BCUT2D eigenvalue weighted by Gasteiger charge is -2.36. The van der Waals surface area contributed by atoms with Gasteiger partial charge in [-0.15, -0.1) is 0 Å². The summed E-state index contributed by atoms with van der Waals surface area (Å²) in [7, 11) is -0.593. The SMILES string of the molecule is COC(=O)c1cc[c]cc1O[Si](C)(C)C(C)(C)C. The molecule has 0 saturated heterocycles. The molecule has 0 aliphatic carbocycles. The first-order valence-corrected chi connectivity index (χ1v) is 8.87. The van der Waals surface area contributed by atoms with Crippen LogP contribution in [0.4, 0.5) is 0 Å². The first kappa shape index (κ1) is 14.8. The van der Waals surface area contributed by atoms with Crippen LogP contribution in [0, 0.1) is 6.07 Å². The van der Waals surface area contributed by atoms with Crippen LogP contribution in [-0.4, -0.2) is 21.4 Å². The van der Waals surface area contributed by atoms with Gasteiger partial charge in [0.15, 0.2) is 0 Å². The van der Waals surface area contributed by atoms with Crippen molar-refractivity contribution in [2.24, 2.45) is 0 Å². The normalized spacial score (nSPS) is 12.1. The number of rotatable bonds is 3. The molecule has 0 fully saturated rings. The summed E-state index contributed by atoms with van der Waals surface area (Å²) in [5, 5.41) is 0.0796. The second-order valence-corrected chi connectivity index (χ2v) is 10.5. The molecule has 0 aliphatic rings. The molecule has 0 saturated carbocycles. The van der Waals surface area contributed by atoms with Crippen LogP contribution in [0.3, 0.4) is 0 Å². The molecule has 1 rings (SSSR count). The fraction of sp³-hybridized carbons (Fsp3) is 0.500. The van der Waals surface area contributed by atoms with E-state index >= 15 is 0 Å². The third-order valence-electron chi connectivity index (χ3n) is 3.40. The maximum Gasteiger partial charge on any atom is 0.341 e. The van der Waals surface area contributed by atoms with E-state index in [9.17, 15) is 4.79 Å². The van der Waals surface area contributed by atoms with Crippen molar-refractivity contribution in [1.82, 2.24) is 0 Å². The highest BCUT2D eigenvalue weighted by Crippen LogP contribution is 2.38. The molecule has 0 heterocycles. The van der Waals surface area contributed by atoms with E-state index in [2.05, 4.69) is 39.9 Å². The van der Waals surface area contributed by atoms with Crippen LogP contribution in [0.1, 0.15) is 31.1 Å². The third kappa shape index (κ3) is 3.13. The van der Waals surface area contributed by atoms with E-state index in [1.54, 1.807) is 18.2 Å². The highest BCUT2D eigenvalue weighted by Gasteiger charge is 2.39. The smallest absolute Gasteiger partial charge is 0.341 e. The molecule has 0 amide bonds. The van der Waals surface area contributed by atoms with Gasteiger partial charge in [-0.25, -0.2) is 4.79 Å². The molecule has 0 bridgehead atoms. The Bertz CT molecular complexity index is 433. The van der Waals surface area contributed by atoms with Crippen LogP contribution in [-0.2, 0) is 4.74 Å². The maximum atomic E-state index is 11.7. The van der Waals surface area contributed by atoms with Crippen molar-refractivity contribution >= 4 is 14.3 Å². The summed E-state index contributed by atoms with van der Waals surface area (Å²) in [6.07, 6.45) is 0. The van der Waals surface area contributed by atoms with Crippen LogP contribution in [0.15, 0.2) is 18.2 Å². The van der Waals surface area contributed by atoms with Crippen molar-refractivity contribution in [3.63, 3.8) is 0 Å². The number of esters is 1. The van der Waals surface area contributed by atoms with Gasteiger partial charge in [-0.3, -0.25) is 0 Å². The zero-order valence-corrected chi connectivity index (χ0v) is 13.0. The van der Waals surface area contributed by atoms with E-state index < -0.39 is 8.32 Å². The molecular weight excluding hydrogens is 244 g/mol. The number of carbonyl (C=O) groups is 1. The van der Waals surface area contributed by atoms with E-state index in [0.717, 1.165) is 0 Å². The van der Waals surface area contributed by atoms with Crippen LogP contribution < -0.4 is 4.43 Å². The van der Waals surface area contributed by atoms with Gasteiger partial charge in [-0.1, -0.05) is 26.8 Å². The van der Waals surface area contributed by atoms with Gasteiger partial charge >= 0.3 is 5.97 Å². The molecule has 18 heavy (non-hydrogen) atoms. The monoisotopic (exact) mass is 265 g/mol. The van der Waals surface area contributed by atoms with Crippen molar-refractivity contribution in [2.75, 3.05) is 7.11 Å². The largest absolute Gasteiger partial charge is 0.543 e. The lowest BCUT2D eigenvalue weighted by Crippen LogP contribution is -2.44.